The summed E-state index contributed by atoms with van der Waals surface area (Å²) in [4.78, 5) is 8.43. The van der Waals surface area contributed by atoms with Gasteiger partial charge in [0.1, 0.15) is 11.2 Å². The van der Waals surface area contributed by atoms with Crippen molar-refractivity contribution in [1.82, 2.24) is 9.97 Å². The van der Waals surface area contributed by atoms with E-state index in [4.69, 9.17) is 9.47 Å². The molecule has 0 aliphatic heterocycles. The summed E-state index contributed by atoms with van der Waals surface area (Å²) >= 11 is 0. The summed E-state index contributed by atoms with van der Waals surface area (Å²) in [5, 5.41) is 0. The summed E-state index contributed by atoms with van der Waals surface area (Å²) in [5.74, 6) is 0.576. The van der Waals surface area contributed by atoms with Crippen LogP contribution in [0.4, 0.5) is 0 Å². The minimum Gasteiger partial charge on any atom is -0.472 e. The van der Waals surface area contributed by atoms with Crippen molar-refractivity contribution >= 4 is 0 Å². The van der Waals surface area contributed by atoms with Crippen molar-refractivity contribution in [2.75, 3.05) is 0 Å². The Morgan fingerprint density at radius 3 is 1.94 bits per heavy atom. The number of aromatic nitrogens is 2. The lowest BCUT2D eigenvalue weighted by Gasteiger charge is -2.23. The van der Waals surface area contributed by atoms with Gasteiger partial charge in [-0.1, -0.05) is 0 Å². The van der Waals surface area contributed by atoms with Gasteiger partial charge in [-0.2, -0.15) is 4.98 Å². The van der Waals surface area contributed by atoms with E-state index in [9.17, 15) is 0 Å². The van der Waals surface area contributed by atoms with Gasteiger partial charge in [0.2, 0.25) is 5.88 Å². The lowest BCUT2D eigenvalue weighted by molar-refractivity contribution is 0.102. The van der Waals surface area contributed by atoms with Crippen LogP contribution < -0.4 is 9.47 Å². The summed E-state index contributed by atoms with van der Waals surface area (Å²) in [5.41, 5.74) is 0.313. The number of ether oxygens (including phenoxy) is 2. The Morgan fingerprint density at radius 2 is 1.47 bits per heavy atom. The van der Waals surface area contributed by atoms with Crippen LogP contribution in [0.3, 0.4) is 0 Å². The molecule has 0 saturated heterocycles. The van der Waals surface area contributed by atoms with Crippen LogP contribution in [0.25, 0.3) is 0 Å². The molecule has 0 amide bonds. The lowest BCUT2D eigenvalue weighted by atomic mass is 10.2. The van der Waals surface area contributed by atoms with E-state index in [2.05, 4.69) is 9.97 Å². The molecule has 0 unspecified atom stereocenters. The van der Waals surface area contributed by atoms with Gasteiger partial charge in [0, 0.05) is 11.8 Å². The Kier molecular flexibility index (Phi) is 3.65. The van der Waals surface area contributed by atoms with Gasteiger partial charge >= 0.3 is 6.01 Å². The number of nitrogens with zero attached hydrogens (tertiary/aromatic N) is 2. The summed E-state index contributed by atoms with van der Waals surface area (Å²) < 4.78 is 11.4. The summed E-state index contributed by atoms with van der Waals surface area (Å²) in [7, 11) is 0. The van der Waals surface area contributed by atoms with Crippen molar-refractivity contribution in [2.45, 2.75) is 59.7 Å². The van der Waals surface area contributed by atoms with Crippen LogP contribution in [-0.4, -0.2) is 21.2 Å². The highest BCUT2D eigenvalue weighted by Crippen LogP contribution is 2.23. The fourth-order valence-electron chi connectivity index (χ4n) is 1.13. The third kappa shape index (κ3) is 5.02. The van der Waals surface area contributed by atoms with Crippen LogP contribution in [0, 0.1) is 6.92 Å². The summed E-state index contributed by atoms with van der Waals surface area (Å²) in [6.45, 7) is 13.7. The van der Waals surface area contributed by atoms with Crippen molar-refractivity contribution in [3.05, 3.63) is 11.8 Å². The number of aryl methyl sites for hydroxylation is 1. The fraction of sp³-hybridized carbons (Fsp3) is 0.692. The molecule has 1 heterocycles. The molecule has 0 spiro atoms. The molecule has 0 aromatic carbocycles. The monoisotopic (exact) mass is 238 g/mol. The largest absolute Gasteiger partial charge is 0.472 e. The Balaban J connectivity index is 2.95. The molecule has 1 aromatic heterocycles. The maximum absolute atomic E-state index is 5.76. The Bertz CT molecular complexity index is 389. The van der Waals surface area contributed by atoms with Crippen LogP contribution in [0.1, 0.15) is 47.1 Å². The molecule has 0 aliphatic carbocycles. The van der Waals surface area contributed by atoms with Crippen molar-refractivity contribution < 1.29 is 9.47 Å². The first-order valence-corrected chi connectivity index (χ1v) is 5.78. The molecule has 0 bridgehead atoms. The maximum atomic E-state index is 5.76. The third-order valence-electron chi connectivity index (χ3n) is 1.70. The van der Waals surface area contributed by atoms with Gasteiger partial charge in [-0.3, -0.25) is 0 Å². The SMILES string of the molecule is Cc1cnc(OC(C)(C)C)nc1OC(C)(C)C. The number of hydrogen-bond donors (Lipinski definition) is 0. The van der Waals surface area contributed by atoms with E-state index in [1.807, 2.05) is 48.5 Å². The van der Waals surface area contributed by atoms with Gasteiger partial charge in [-0.25, -0.2) is 4.98 Å². The molecule has 17 heavy (non-hydrogen) atoms. The molecule has 0 N–H and O–H groups in total. The van der Waals surface area contributed by atoms with Gasteiger partial charge in [-0.05, 0) is 48.5 Å². The van der Waals surface area contributed by atoms with Crippen LogP contribution >= 0.6 is 0 Å². The van der Waals surface area contributed by atoms with Gasteiger partial charge in [0.15, 0.2) is 0 Å². The minimum absolute atomic E-state index is 0.280. The van der Waals surface area contributed by atoms with E-state index < -0.39 is 0 Å². The van der Waals surface area contributed by atoms with Crippen LogP contribution in [0.2, 0.25) is 0 Å². The topological polar surface area (TPSA) is 44.2 Å². The molecular formula is C13H22N2O2. The first-order chi connectivity index (χ1) is 7.57. The average Bonchev–Trinajstić information content (AvgIpc) is 2.05. The molecule has 4 heteroatoms. The average molecular weight is 238 g/mol. The Hall–Kier alpha value is -1.32. The zero-order valence-electron chi connectivity index (χ0n) is 11.8. The van der Waals surface area contributed by atoms with Crippen molar-refractivity contribution in [2.24, 2.45) is 0 Å². The van der Waals surface area contributed by atoms with Gasteiger partial charge in [0.25, 0.3) is 0 Å². The normalized spacial score (nSPS) is 12.4. The van der Waals surface area contributed by atoms with E-state index in [0.29, 0.717) is 11.9 Å². The Labute approximate surface area is 103 Å². The summed E-state index contributed by atoms with van der Waals surface area (Å²) in [6.07, 6.45) is 1.72. The molecule has 96 valence electrons. The molecule has 0 atom stereocenters. The van der Waals surface area contributed by atoms with Crippen molar-refractivity contribution in [3.8, 4) is 11.9 Å². The second kappa shape index (κ2) is 4.51. The predicted molar refractivity (Wildman–Crippen MR) is 67.5 cm³/mol. The van der Waals surface area contributed by atoms with Crippen molar-refractivity contribution in [1.29, 1.82) is 0 Å². The molecule has 0 radical (unpaired) electrons. The molecule has 0 saturated carbocycles. The number of hydrogen-bond acceptors (Lipinski definition) is 4. The highest BCUT2D eigenvalue weighted by atomic mass is 16.5. The highest BCUT2D eigenvalue weighted by Gasteiger charge is 2.18. The van der Waals surface area contributed by atoms with E-state index in [0.717, 1.165) is 5.56 Å². The molecule has 1 rings (SSSR count). The molecular weight excluding hydrogens is 216 g/mol. The number of rotatable bonds is 2. The van der Waals surface area contributed by atoms with E-state index in [-0.39, 0.29) is 11.2 Å². The highest BCUT2D eigenvalue weighted by molar-refractivity contribution is 5.24. The van der Waals surface area contributed by atoms with Crippen LogP contribution in [0.15, 0.2) is 6.20 Å². The molecule has 4 nitrogen and oxygen atoms in total. The second-order valence-corrected chi connectivity index (χ2v) is 6.07. The lowest BCUT2D eigenvalue weighted by Crippen LogP contribution is -2.26. The predicted octanol–water partition coefficient (Wildman–Crippen LogP) is 3.14. The molecule has 0 aliphatic rings. The van der Waals surface area contributed by atoms with E-state index >= 15 is 0 Å². The van der Waals surface area contributed by atoms with Crippen LogP contribution in [-0.2, 0) is 0 Å². The smallest absolute Gasteiger partial charge is 0.320 e. The Morgan fingerprint density at radius 1 is 0.941 bits per heavy atom. The quantitative estimate of drug-likeness (QED) is 0.794. The maximum Gasteiger partial charge on any atom is 0.320 e. The first-order valence-electron chi connectivity index (χ1n) is 5.78. The molecule has 0 fully saturated rings. The fourth-order valence-corrected chi connectivity index (χ4v) is 1.13. The standard InChI is InChI=1S/C13H22N2O2/c1-9-8-14-11(17-13(5,6)7)15-10(9)16-12(2,3)4/h8H,1-7H3. The second-order valence-electron chi connectivity index (χ2n) is 6.07. The van der Waals surface area contributed by atoms with Crippen LogP contribution in [0.5, 0.6) is 11.9 Å². The van der Waals surface area contributed by atoms with E-state index in [1.54, 1.807) is 6.20 Å². The first kappa shape index (κ1) is 13.7. The zero-order chi connectivity index (χ0) is 13.3. The summed E-state index contributed by atoms with van der Waals surface area (Å²) in [6, 6.07) is 0.349. The van der Waals surface area contributed by atoms with Gasteiger partial charge < -0.3 is 9.47 Å². The van der Waals surface area contributed by atoms with E-state index in [1.165, 1.54) is 0 Å². The van der Waals surface area contributed by atoms with Gasteiger partial charge in [-0.15, -0.1) is 0 Å². The minimum atomic E-state index is -0.311. The van der Waals surface area contributed by atoms with Gasteiger partial charge in [0.05, 0.1) is 0 Å². The van der Waals surface area contributed by atoms with Crippen molar-refractivity contribution in [3.63, 3.8) is 0 Å². The molecule has 1 aromatic rings. The zero-order valence-corrected chi connectivity index (χ0v) is 11.8. The third-order valence-corrected chi connectivity index (χ3v) is 1.70.